The summed E-state index contributed by atoms with van der Waals surface area (Å²) in [6.07, 6.45) is 4.82. The molecule has 2 aliphatic heterocycles. The number of aliphatic hydroxyl groups is 1. The van der Waals surface area contributed by atoms with Crippen molar-refractivity contribution in [3.63, 3.8) is 0 Å². The van der Waals surface area contributed by atoms with E-state index in [9.17, 15) is 19.8 Å². The van der Waals surface area contributed by atoms with Crippen LogP contribution in [0.25, 0.3) is 5.52 Å². The summed E-state index contributed by atoms with van der Waals surface area (Å²) in [7, 11) is 0. The van der Waals surface area contributed by atoms with Crippen LogP contribution >= 0.6 is 11.8 Å². The third-order valence-electron chi connectivity index (χ3n) is 5.43. The van der Waals surface area contributed by atoms with Gasteiger partial charge in [0.15, 0.2) is 0 Å². The third-order valence-corrected chi connectivity index (χ3v) is 6.71. The van der Waals surface area contributed by atoms with Gasteiger partial charge >= 0.3 is 5.97 Å². The molecule has 0 unspecified atom stereocenters. The van der Waals surface area contributed by atoms with E-state index in [-0.39, 0.29) is 36.1 Å². The van der Waals surface area contributed by atoms with Crippen LogP contribution in [0.5, 0.6) is 0 Å². The maximum absolute atomic E-state index is 12.3. The van der Waals surface area contributed by atoms with E-state index in [0.717, 1.165) is 16.1 Å². The van der Waals surface area contributed by atoms with Gasteiger partial charge in [-0.2, -0.15) is 0 Å². The molecule has 0 spiro atoms. The minimum atomic E-state index is -1.06. The van der Waals surface area contributed by atoms with Crippen molar-refractivity contribution in [3.05, 3.63) is 47.0 Å². The summed E-state index contributed by atoms with van der Waals surface area (Å²) in [5.41, 5.74) is 2.14. The number of carbonyl (C=O) groups excluding carboxylic acids is 1. The number of hydrogen-bond donors (Lipinski definition) is 2. The van der Waals surface area contributed by atoms with Gasteiger partial charge < -0.3 is 19.5 Å². The number of nitrogens with zero attached hydrogens (tertiary/aromatic N) is 3. The van der Waals surface area contributed by atoms with Gasteiger partial charge in [-0.1, -0.05) is 13.0 Å². The fraction of sp³-hybridized carbons (Fsp3) is 0.421. The molecule has 1 saturated heterocycles. The molecular weight excluding hydrogens is 366 g/mol. The number of aromatic nitrogens is 2. The predicted octanol–water partition coefficient (Wildman–Crippen LogP) is 1.77. The van der Waals surface area contributed by atoms with E-state index >= 15 is 0 Å². The van der Waals surface area contributed by atoms with E-state index in [0.29, 0.717) is 18.6 Å². The van der Waals surface area contributed by atoms with Gasteiger partial charge in [0.2, 0.25) is 5.91 Å². The Labute approximate surface area is 160 Å². The fourth-order valence-electron chi connectivity index (χ4n) is 4.18. The average Bonchev–Trinajstić information content (AvgIpc) is 3.18. The Morgan fingerprint density at radius 3 is 2.93 bits per heavy atom. The number of amides is 1. The molecular formula is C19H21N3O4S. The van der Waals surface area contributed by atoms with Gasteiger partial charge in [0.25, 0.3) is 0 Å². The van der Waals surface area contributed by atoms with Gasteiger partial charge in [-0.3, -0.25) is 4.79 Å². The number of carbonyl (C=O) groups is 2. The Morgan fingerprint density at radius 2 is 2.19 bits per heavy atom. The van der Waals surface area contributed by atoms with E-state index in [1.807, 2.05) is 35.7 Å². The molecule has 2 aromatic rings. The van der Waals surface area contributed by atoms with E-state index in [1.54, 1.807) is 6.33 Å². The lowest BCUT2D eigenvalue weighted by Crippen LogP contribution is -2.60. The lowest BCUT2D eigenvalue weighted by Gasteiger charge is -2.45. The maximum Gasteiger partial charge on any atom is 0.353 e. The highest BCUT2D eigenvalue weighted by atomic mass is 32.2. The van der Waals surface area contributed by atoms with Crippen molar-refractivity contribution in [2.75, 3.05) is 12.4 Å². The molecule has 2 aromatic heterocycles. The summed E-state index contributed by atoms with van der Waals surface area (Å²) in [6, 6.07) is 5.78. The zero-order valence-corrected chi connectivity index (χ0v) is 15.7. The second kappa shape index (κ2) is 7.01. The van der Waals surface area contributed by atoms with Crippen molar-refractivity contribution < 1.29 is 19.8 Å². The topological polar surface area (TPSA) is 95.1 Å². The number of imidazole rings is 1. The molecule has 1 amide bonds. The number of fused-ring (bicyclic) bond motifs is 2. The van der Waals surface area contributed by atoms with Crippen molar-refractivity contribution in [1.29, 1.82) is 0 Å². The Bertz CT molecular complexity index is 938. The van der Waals surface area contributed by atoms with Crippen LogP contribution in [0, 0.1) is 11.8 Å². The number of β-lactam (4-membered cyclic amide) rings is 1. The second-order valence-corrected chi connectivity index (χ2v) is 8.04. The first-order valence-corrected chi connectivity index (χ1v) is 9.98. The number of carboxylic acid groups (broad SMARTS) is 1. The van der Waals surface area contributed by atoms with E-state index in [1.165, 1.54) is 16.7 Å². The van der Waals surface area contributed by atoms with Gasteiger partial charge in [-0.05, 0) is 18.6 Å². The highest BCUT2D eigenvalue weighted by Gasteiger charge is 2.57. The summed E-state index contributed by atoms with van der Waals surface area (Å²) >= 11 is 1.50. The van der Waals surface area contributed by atoms with Crippen LogP contribution in [0.3, 0.4) is 0 Å². The van der Waals surface area contributed by atoms with Crippen LogP contribution in [-0.4, -0.2) is 54.8 Å². The number of carboxylic acids is 1. The van der Waals surface area contributed by atoms with Crippen LogP contribution in [0.2, 0.25) is 0 Å². The molecule has 27 heavy (non-hydrogen) atoms. The number of aryl methyl sites for hydroxylation is 1. The molecule has 0 saturated carbocycles. The van der Waals surface area contributed by atoms with E-state index in [2.05, 4.69) is 4.98 Å². The lowest BCUT2D eigenvalue weighted by atomic mass is 9.80. The van der Waals surface area contributed by atoms with Gasteiger partial charge in [-0.15, -0.1) is 11.8 Å². The van der Waals surface area contributed by atoms with E-state index in [4.69, 9.17) is 0 Å². The summed E-state index contributed by atoms with van der Waals surface area (Å²) in [6.45, 7) is 1.91. The maximum atomic E-state index is 12.3. The molecule has 0 radical (unpaired) electrons. The van der Waals surface area contributed by atoms with Crippen molar-refractivity contribution in [2.45, 2.75) is 25.8 Å². The lowest BCUT2D eigenvalue weighted by molar-refractivity contribution is -0.157. The van der Waals surface area contributed by atoms with Gasteiger partial charge in [0, 0.05) is 35.8 Å². The Hall–Kier alpha value is -2.32. The minimum Gasteiger partial charge on any atom is -0.477 e. The number of aliphatic hydroxyl groups excluding tert-OH is 1. The number of rotatable bonds is 7. The standard InChI is InChI=1S/C19H21N3O4S/c1-11-15-12(5-8-23)18(24)22(15)16(19(25)26)17(11)27-9-6-13-14-4-2-3-7-21(14)10-20-13/h2-4,7,10-12,15,23H,5-6,8-9H2,1H3,(H,25,26)/t11-,12+,15-/m1/s1. The average molecular weight is 387 g/mol. The SMILES string of the molecule is C[C@H]1C(SCCc2ncn3ccccc23)=C(C(=O)O)N2C(=O)[C@@H](CCO)[C@@H]12. The Kier molecular flexibility index (Phi) is 4.69. The molecule has 4 rings (SSSR count). The second-order valence-electron chi connectivity index (χ2n) is 6.91. The number of thioether (sulfide) groups is 1. The van der Waals surface area contributed by atoms with Crippen LogP contribution in [0.1, 0.15) is 19.0 Å². The van der Waals surface area contributed by atoms with Crippen LogP contribution in [0.4, 0.5) is 0 Å². The molecule has 7 nitrogen and oxygen atoms in total. The van der Waals surface area contributed by atoms with Crippen LogP contribution in [-0.2, 0) is 16.0 Å². The Morgan fingerprint density at radius 1 is 1.37 bits per heavy atom. The molecule has 4 heterocycles. The van der Waals surface area contributed by atoms with Crippen molar-refractivity contribution in [3.8, 4) is 0 Å². The molecule has 2 N–H and O–H groups in total. The normalized spacial score (nSPS) is 24.4. The molecule has 0 aromatic carbocycles. The van der Waals surface area contributed by atoms with Crippen molar-refractivity contribution in [1.82, 2.24) is 14.3 Å². The number of pyridine rings is 1. The highest BCUT2D eigenvalue weighted by molar-refractivity contribution is 8.03. The molecule has 3 atom stereocenters. The third kappa shape index (κ3) is 2.83. The molecule has 0 aliphatic carbocycles. The van der Waals surface area contributed by atoms with Crippen molar-refractivity contribution >= 4 is 29.2 Å². The monoisotopic (exact) mass is 387 g/mol. The quantitative estimate of drug-likeness (QED) is 0.703. The first kappa shape index (κ1) is 18.1. The van der Waals surface area contributed by atoms with E-state index < -0.39 is 5.97 Å². The molecule has 8 heteroatoms. The summed E-state index contributed by atoms with van der Waals surface area (Å²) in [4.78, 5) is 30.8. The highest BCUT2D eigenvalue weighted by Crippen LogP contribution is 2.50. The number of aliphatic carboxylic acids is 1. The fourth-order valence-corrected chi connectivity index (χ4v) is 5.42. The zero-order chi connectivity index (χ0) is 19.1. The first-order chi connectivity index (χ1) is 13.0. The predicted molar refractivity (Wildman–Crippen MR) is 101 cm³/mol. The van der Waals surface area contributed by atoms with Crippen LogP contribution in [0.15, 0.2) is 41.3 Å². The summed E-state index contributed by atoms with van der Waals surface area (Å²) in [5, 5.41) is 18.8. The molecule has 2 aliphatic rings. The zero-order valence-electron chi connectivity index (χ0n) is 14.9. The summed E-state index contributed by atoms with van der Waals surface area (Å²) in [5.74, 6) is -0.870. The minimum absolute atomic E-state index is 0.0332. The summed E-state index contributed by atoms with van der Waals surface area (Å²) < 4.78 is 1.96. The van der Waals surface area contributed by atoms with Gasteiger partial charge in [0.05, 0.1) is 29.5 Å². The van der Waals surface area contributed by atoms with Gasteiger partial charge in [-0.25, -0.2) is 9.78 Å². The Balaban J connectivity index is 1.50. The van der Waals surface area contributed by atoms with Crippen LogP contribution < -0.4 is 0 Å². The van der Waals surface area contributed by atoms with Gasteiger partial charge in [0.1, 0.15) is 5.70 Å². The smallest absolute Gasteiger partial charge is 0.353 e. The molecule has 0 bridgehead atoms. The molecule has 142 valence electrons. The number of hydrogen-bond acceptors (Lipinski definition) is 5. The molecule has 1 fully saturated rings. The first-order valence-electron chi connectivity index (χ1n) is 8.99. The largest absolute Gasteiger partial charge is 0.477 e. The van der Waals surface area contributed by atoms with Crippen molar-refractivity contribution in [2.24, 2.45) is 11.8 Å².